The van der Waals surface area contributed by atoms with Crippen LogP contribution < -0.4 is 9.62 Å². The fourth-order valence-electron chi connectivity index (χ4n) is 4.97. The summed E-state index contributed by atoms with van der Waals surface area (Å²) in [5.74, 6) is -0.742. The van der Waals surface area contributed by atoms with Gasteiger partial charge in [-0.05, 0) is 66.8 Å². The summed E-state index contributed by atoms with van der Waals surface area (Å²) in [6, 6.07) is 31.6. The van der Waals surface area contributed by atoms with Gasteiger partial charge in [-0.3, -0.25) is 13.9 Å². The maximum absolute atomic E-state index is 14.5. The Hall–Kier alpha value is -4.43. The van der Waals surface area contributed by atoms with Crippen molar-refractivity contribution in [1.29, 1.82) is 0 Å². The van der Waals surface area contributed by atoms with Crippen molar-refractivity contribution in [2.45, 2.75) is 57.5 Å². The van der Waals surface area contributed by atoms with Crippen LogP contribution in [-0.2, 0) is 32.6 Å². The molecule has 0 aliphatic rings. The van der Waals surface area contributed by atoms with Crippen molar-refractivity contribution < 1.29 is 18.0 Å². The number of nitrogens with one attached hydrogen (secondary N) is 1. The summed E-state index contributed by atoms with van der Waals surface area (Å²) in [6.45, 7) is 6.07. The largest absolute Gasteiger partial charge is 0.354 e. The molecule has 0 bridgehead atoms. The molecule has 4 rings (SSSR count). The highest BCUT2D eigenvalue weighted by atomic mass is 32.2. The molecule has 7 nitrogen and oxygen atoms in total. The lowest BCUT2D eigenvalue weighted by Gasteiger charge is -2.34. The van der Waals surface area contributed by atoms with E-state index in [2.05, 4.69) is 5.32 Å². The third-order valence-electron chi connectivity index (χ3n) is 7.68. The van der Waals surface area contributed by atoms with Crippen LogP contribution >= 0.6 is 0 Å². The van der Waals surface area contributed by atoms with Crippen LogP contribution in [0.3, 0.4) is 0 Å². The van der Waals surface area contributed by atoms with Crippen LogP contribution in [-0.4, -0.2) is 44.3 Å². The lowest BCUT2D eigenvalue weighted by Crippen LogP contribution is -2.53. The lowest BCUT2D eigenvalue weighted by molar-refractivity contribution is -0.140. The van der Waals surface area contributed by atoms with Gasteiger partial charge in [-0.2, -0.15) is 0 Å². The SMILES string of the molecule is CCCCNC(=O)[C@@H](Cc1ccccc1)N(Cc1ccccc1)C(=O)CN(c1ccc(C)c(C)c1)S(=O)(=O)c1ccccc1. The van der Waals surface area contributed by atoms with Crippen LogP contribution in [0, 0.1) is 13.8 Å². The maximum atomic E-state index is 14.5. The number of benzene rings is 4. The molecule has 0 unspecified atom stereocenters. The van der Waals surface area contributed by atoms with E-state index in [9.17, 15) is 18.0 Å². The van der Waals surface area contributed by atoms with Gasteiger partial charge in [0, 0.05) is 19.5 Å². The molecule has 0 aliphatic heterocycles. The summed E-state index contributed by atoms with van der Waals surface area (Å²) in [4.78, 5) is 29.9. The molecule has 0 aromatic heterocycles. The standard InChI is InChI=1S/C36H41N3O4S/c1-4-5-23-37-36(41)34(25-30-15-9-6-10-16-30)38(26-31-17-11-7-12-18-31)35(40)27-39(32-22-21-28(2)29(3)24-32)44(42,43)33-19-13-8-14-20-33/h6-22,24,34H,4-5,23,25-27H2,1-3H3,(H,37,41)/t34-/m1/s1. The molecule has 0 spiro atoms. The number of amides is 2. The molecule has 230 valence electrons. The summed E-state index contributed by atoms with van der Waals surface area (Å²) >= 11 is 0. The van der Waals surface area contributed by atoms with E-state index in [1.54, 1.807) is 30.3 Å². The number of sulfonamides is 1. The molecule has 2 amide bonds. The topological polar surface area (TPSA) is 86.8 Å². The lowest BCUT2D eigenvalue weighted by atomic mass is 10.0. The molecule has 1 N–H and O–H groups in total. The predicted molar refractivity (Wildman–Crippen MR) is 176 cm³/mol. The minimum atomic E-state index is -4.12. The van der Waals surface area contributed by atoms with E-state index in [-0.39, 0.29) is 23.8 Å². The number of hydrogen-bond acceptors (Lipinski definition) is 4. The molecule has 4 aromatic carbocycles. The molecule has 0 radical (unpaired) electrons. The zero-order chi connectivity index (χ0) is 31.5. The second kappa shape index (κ2) is 15.3. The van der Waals surface area contributed by atoms with Crippen molar-refractivity contribution in [2.24, 2.45) is 0 Å². The van der Waals surface area contributed by atoms with Crippen molar-refractivity contribution in [2.75, 3.05) is 17.4 Å². The van der Waals surface area contributed by atoms with E-state index in [0.717, 1.165) is 39.4 Å². The summed E-state index contributed by atoms with van der Waals surface area (Å²) < 4.78 is 29.3. The minimum absolute atomic E-state index is 0.0822. The summed E-state index contributed by atoms with van der Waals surface area (Å²) in [5.41, 5.74) is 4.04. The second-order valence-electron chi connectivity index (χ2n) is 11.0. The first-order valence-corrected chi connectivity index (χ1v) is 16.4. The zero-order valence-corrected chi connectivity index (χ0v) is 26.5. The van der Waals surface area contributed by atoms with Crippen LogP contribution in [0.1, 0.15) is 42.0 Å². The Morgan fingerprint density at radius 3 is 1.95 bits per heavy atom. The van der Waals surface area contributed by atoms with Gasteiger partial charge in [0.2, 0.25) is 11.8 Å². The first kappa shape index (κ1) is 32.5. The number of unbranched alkanes of at least 4 members (excludes halogenated alkanes) is 1. The average Bonchev–Trinajstić information content (AvgIpc) is 3.04. The molecule has 0 aliphatic carbocycles. The molecular formula is C36H41N3O4S. The normalized spacial score (nSPS) is 11.9. The Morgan fingerprint density at radius 1 is 0.773 bits per heavy atom. The Kier molecular flexibility index (Phi) is 11.3. The third-order valence-corrected chi connectivity index (χ3v) is 9.47. The fourth-order valence-corrected chi connectivity index (χ4v) is 6.40. The smallest absolute Gasteiger partial charge is 0.264 e. The molecule has 0 saturated carbocycles. The van der Waals surface area contributed by atoms with Crippen LogP contribution in [0.15, 0.2) is 114 Å². The number of carbonyl (C=O) groups is 2. The predicted octanol–water partition coefficient (Wildman–Crippen LogP) is 6.06. The Morgan fingerprint density at radius 2 is 1.36 bits per heavy atom. The highest BCUT2D eigenvalue weighted by Crippen LogP contribution is 2.27. The molecule has 4 aromatic rings. The highest BCUT2D eigenvalue weighted by Gasteiger charge is 2.34. The molecule has 0 fully saturated rings. The van der Waals surface area contributed by atoms with Gasteiger partial charge in [0.25, 0.3) is 10.0 Å². The molecule has 0 saturated heterocycles. The Labute approximate surface area is 261 Å². The van der Waals surface area contributed by atoms with E-state index in [1.165, 1.54) is 17.0 Å². The quantitative estimate of drug-likeness (QED) is 0.176. The third kappa shape index (κ3) is 8.35. The van der Waals surface area contributed by atoms with Crippen molar-refractivity contribution in [3.63, 3.8) is 0 Å². The van der Waals surface area contributed by atoms with E-state index >= 15 is 0 Å². The van der Waals surface area contributed by atoms with Gasteiger partial charge in [0.15, 0.2) is 0 Å². The first-order valence-electron chi connectivity index (χ1n) is 15.0. The molecule has 44 heavy (non-hydrogen) atoms. The average molecular weight is 612 g/mol. The maximum Gasteiger partial charge on any atom is 0.264 e. The number of carbonyl (C=O) groups excluding carboxylic acids is 2. The van der Waals surface area contributed by atoms with Crippen LogP contribution in [0.5, 0.6) is 0 Å². The summed E-state index contributed by atoms with van der Waals surface area (Å²) in [5, 5.41) is 3.02. The van der Waals surface area contributed by atoms with Gasteiger partial charge >= 0.3 is 0 Å². The highest BCUT2D eigenvalue weighted by molar-refractivity contribution is 7.92. The van der Waals surface area contributed by atoms with Crippen LogP contribution in [0.2, 0.25) is 0 Å². The van der Waals surface area contributed by atoms with E-state index in [1.807, 2.05) is 87.5 Å². The van der Waals surface area contributed by atoms with Gasteiger partial charge in [-0.1, -0.05) is 98.3 Å². The zero-order valence-electron chi connectivity index (χ0n) is 25.6. The van der Waals surface area contributed by atoms with E-state index in [0.29, 0.717) is 12.2 Å². The van der Waals surface area contributed by atoms with Crippen LogP contribution in [0.25, 0.3) is 0 Å². The van der Waals surface area contributed by atoms with Crippen molar-refractivity contribution >= 4 is 27.5 Å². The Bertz CT molecular complexity index is 1630. The summed E-state index contributed by atoms with van der Waals surface area (Å²) in [7, 11) is -4.12. The van der Waals surface area contributed by atoms with Gasteiger partial charge in [-0.25, -0.2) is 8.42 Å². The Balaban J connectivity index is 1.78. The van der Waals surface area contributed by atoms with Gasteiger partial charge in [0.05, 0.1) is 10.6 Å². The van der Waals surface area contributed by atoms with Crippen molar-refractivity contribution in [3.8, 4) is 0 Å². The molecular weight excluding hydrogens is 570 g/mol. The number of nitrogens with zero attached hydrogens (tertiary/aromatic N) is 2. The minimum Gasteiger partial charge on any atom is -0.354 e. The molecule has 1 atom stereocenters. The number of aryl methyl sites for hydroxylation is 2. The van der Waals surface area contributed by atoms with E-state index in [4.69, 9.17) is 0 Å². The van der Waals surface area contributed by atoms with Gasteiger partial charge in [0.1, 0.15) is 12.6 Å². The van der Waals surface area contributed by atoms with Crippen LogP contribution in [0.4, 0.5) is 5.69 Å². The van der Waals surface area contributed by atoms with Crippen molar-refractivity contribution in [3.05, 3.63) is 131 Å². The van der Waals surface area contributed by atoms with Gasteiger partial charge < -0.3 is 10.2 Å². The fraction of sp³-hybridized carbons (Fsp3) is 0.278. The molecule has 0 heterocycles. The van der Waals surface area contributed by atoms with Gasteiger partial charge in [-0.15, -0.1) is 0 Å². The second-order valence-corrected chi connectivity index (χ2v) is 12.8. The number of anilines is 1. The summed E-state index contributed by atoms with van der Waals surface area (Å²) in [6.07, 6.45) is 2.01. The first-order chi connectivity index (χ1) is 21.2. The molecule has 8 heteroatoms. The number of rotatable bonds is 14. The van der Waals surface area contributed by atoms with Crippen molar-refractivity contribution in [1.82, 2.24) is 10.2 Å². The number of hydrogen-bond donors (Lipinski definition) is 1. The monoisotopic (exact) mass is 611 g/mol. The van der Waals surface area contributed by atoms with E-state index < -0.39 is 28.5 Å².